The van der Waals surface area contributed by atoms with Gasteiger partial charge in [0.1, 0.15) is 6.61 Å². The molecule has 0 aliphatic rings. The van der Waals surface area contributed by atoms with Gasteiger partial charge in [-0.2, -0.15) is 5.10 Å². The number of nitrogens with zero attached hydrogens (tertiary/aromatic N) is 2. The molecule has 1 heterocycles. The number of ether oxygens (including phenoxy) is 1. The molecule has 0 saturated heterocycles. The van der Waals surface area contributed by atoms with Gasteiger partial charge in [-0.25, -0.2) is 4.79 Å². The Labute approximate surface area is 147 Å². The number of hydrogen-bond acceptors (Lipinski definition) is 3. The van der Waals surface area contributed by atoms with Gasteiger partial charge >= 0.3 is 6.09 Å². The lowest BCUT2D eigenvalue weighted by molar-refractivity contribution is 0.136. The maximum absolute atomic E-state index is 12.0. The van der Waals surface area contributed by atoms with Gasteiger partial charge in [-0.3, -0.25) is 4.68 Å². The lowest BCUT2D eigenvalue weighted by Gasteiger charge is -2.15. The van der Waals surface area contributed by atoms with Crippen molar-refractivity contribution in [1.82, 2.24) is 15.1 Å². The standard InChI is InChI=1S/C20H21N3O2/c1-15(22-20(24)25-14-16-6-4-3-5-7-16)17-8-10-18(11-9-17)19-12-13-21-23(19)2/h3-13,15H,14H2,1-2H3,(H,22,24). The maximum Gasteiger partial charge on any atom is 0.407 e. The second-order valence-electron chi connectivity index (χ2n) is 5.89. The zero-order chi connectivity index (χ0) is 17.6. The van der Waals surface area contributed by atoms with E-state index in [0.717, 1.165) is 22.4 Å². The molecule has 0 radical (unpaired) electrons. The zero-order valence-corrected chi connectivity index (χ0v) is 14.3. The third-order valence-corrected chi connectivity index (χ3v) is 4.07. The molecule has 0 spiro atoms. The summed E-state index contributed by atoms with van der Waals surface area (Å²) in [5, 5.41) is 7.03. The molecule has 0 aliphatic heterocycles. The van der Waals surface area contributed by atoms with Crippen LogP contribution in [0.4, 0.5) is 4.79 Å². The fraction of sp³-hybridized carbons (Fsp3) is 0.200. The number of rotatable bonds is 5. The Morgan fingerprint density at radius 1 is 1.12 bits per heavy atom. The van der Waals surface area contributed by atoms with Crippen LogP contribution >= 0.6 is 0 Å². The van der Waals surface area contributed by atoms with Gasteiger partial charge < -0.3 is 10.1 Å². The van der Waals surface area contributed by atoms with Crippen molar-refractivity contribution in [2.75, 3.05) is 0 Å². The van der Waals surface area contributed by atoms with Gasteiger partial charge in [-0.15, -0.1) is 0 Å². The first kappa shape index (κ1) is 16.8. The topological polar surface area (TPSA) is 56.1 Å². The summed E-state index contributed by atoms with van der Waals surface area (Å²) in [7, 11) is 1.91. The Balaban J connectivity index is 1.56. The SMILES string of the molecule is CC(NC(=O)OCc1ccccc1)c1ccc(-c2ccnn2C)cc1. The molecular weight excluding hydrogens is 314 g/mol. The van der Waals surface area contributed by atoms with Crippen molar-refractivity contribution in [3.63, 3.8) is 0 Å². The monoisotopic (exact) mass is 335 g/mol. The second kappa shape index (κ2) is 7.66. The van der Waals surface area contributed by atoms with Crippen molar-refractivity contribution >= 4 is 6.09 Å². The highest BCUT2D eigenvalue weighted by molar-refractivity contribution is 5.68. The van der Waals surface area contributed by atoms with Crippen LogP contribution in [0.15, 0.2) is 66.9 Å². The Morgan fingerprint density at radius 3 is 2.48 bits per heavy atom. The molecule has 0 fully saturated rings. The van der Waals surface area contributed by atoms with E-state index in [-0.39, 0.29) is 12.6 Å². The molecule has 1 atom stereocenters. The number of benzene rings is 2. The van der Waals surface area contributed by atoms with E-state index in [1.165, 1.54) is 0 Å². The van der Waals surface area contributed by atoms with E-state index in [1.807, 2.05) is 79.3 Å². The van der Waals surface area contributed by atoms with Gasteiger partial charge in [0, 0.05) is 13.2 Å². The maximum atomic E-state index is 12.0. The Bertz CT molecular complexity index is 826. The molecule has 25 heavy (non-hydrogen) atoms. The summed E-state index contributed by atoms with van der Waals surface area (Å²) in [6.45, 7) is 2.20. The van der Waals surface area contributed by atoms with Crippen molar-refractivity contribution in [1.29, 1.82) is 0 Å². The first-order valence-electron chi connectivity index (χ1n) is 8.19. The average molecular weight is 335 g/mol. The molecular formula is C20H21N3O2. The summed E-state index contributed by atoms with van der Waals surface area (Å²) in [6.07, 6.45) is 1.35. The van der Waals surface area contributed by atoms with Gasteiger partial charge in [0.05, 0.1) is 11.7 Å². The number of aromatic nitrogens is 2. The highest BCUT2D eigenvalue weighted by Crippen LogP contribution is 2.21. The smallest absolute Gasteiger partial charge is 0.407 e. The zero-order valence-electron chi connectivity index (χ0n) is 14.3. The van der Waals surface area contributed by atoms with E-state index in [4.69, 9.17) is 4.74 Å². The van der Waals surface area contributed by atoms with Gasteiger partial charge in [0.15, 0.2) is 0 Å². The summed E-state index contributed by atoms with van der Waals surface area (Å²) in [5.41, 5.74) is 4.12. The number of hydrogen-bond donors (Lipinski definition) is 1. The van der Waals surface area contributed by atoms with E-state index >= 15 is 0 Å². The van der Waals surface area contributed by atoms with Crippen LogP contribution in [0.3, 0.4) is 0 Å². The molecule has 1 aromatic heterocycles. The third-order valence-electron chi connectivity index (χ3n) is 4.07. The fourth-order valence-corrected chi connectivity index (χ4v) is 2.62. The van der Waals surface area contributed by atoms with Crippen LogP contribution in [0.2, 0.25) is 0 Å². The normalized spacial score (nSPS) is 11.8. The van der Waals surface area contributed by atoms with Crippen LogP contribution in [-0.4, -0.2) is 15.9 Å². The molecule has 0 saturated carbocycles. The molecule has 1 amide bonds. The molecule has 5 nitrogen and oxygen atoms in total. The van der Waals surface area contributed by atoms with E-state index in [9.17, 15) is 4.79 Å². The summed E-state index contributed by atoms with van der Waals surface area (Å²) < 4.78 is 7.09. The molecule has 0 aliphatic carbocycles. The predicted molar refractivity (Wildman–Crippen MR) is 96.8 cm³/mol. The predicted octanol–water partition coefficient (Wildman–Crippen LogP) is 4.07. The van der Waals surface area contributed by atoms with Crippen LogP contribution in [-0.2, 0) is 18.4 Å². The van der Waals surface area contributed by atoms with Crippen molar-refractivity contribution in [3.8, 4) is 11.3 Å². The first-order chi connectivity index (χ1) is 12.1. The minimum Gasteiger partial charge on any atom is -0.445 e. The number of alkyl carbamates (subject to hydrolysis) is 1. The number of carbonyl (C=O) groups is 1. The van der Waals surface area contributed by atoms with Crippen molar-refractivity contribution in [2.45, 2.75) is 19.6 Å². The molecule has 0 bridgehead atoms. The van der Waals surface area contributed by atoms with Crippen molar-refractivity contribution in [2.24, 2.45) is 7.05 Å². The minimum absolute atomic E-state index is 0.135. The van der Waals surface area contributed by atoms with Crippen molar-refractivity contribution < 1.29 is 9.53 Å². The molecule has 1 N–H and O–H groups in total. The van der Waals surface area contributed by atoms with E-state index < -0.39 is 6.09 Å². The van der Waals surface area contributed by atoms with E-state index in [0.29, 0.717) is 0 Å². The number of aryl methyl sites for hydroxylation is 1. The summed E-state index contributed by atoms with van der Waals surface area (Å²) in [5.74, 6) is 0. The average Bonchev–Trinajstić information content (AvgIpc) is 3.07. The van der Waals surface area contributed by atoms with Gasteiger partial charge in [0.2, 0.25) is 0 Å². The largest absolute Gasteiger partial charge is 0.445 e. The Kier molecular flexibility index (Phi) is 5.14. The molecule has 128 valence electrons. The Hall–Kier alpha value is -3.08. The number of nitrogens with one attached hydrogen (secondary N) is 1. The molecule has 1 unspecified atom stereocenters. The third kappa shape index (κ3) is 4.26. The number of carbonyl (C=O) groups excluding carboxylic acids is 1. The lowest BCUT2D eigenvalue weighted by Crippen LogP contribution is -2.27. The highest BCUT2D eigenvalue weighted by Gasteiger charge is 2.11. The summed E-state index contributed by atoms with van der Waals surface area (Å²) >= 11 is 0. The van der Waals surface area contributed by atoms with Crippen LogP contribution < -0.4 is 5.32 Å². The van der Waals surface area contributed by atoms with Gasteiger partial charge in [0.25, 0.3) is 0 Å². The highest BCUT2D eigenvalue weighted by atomic mass is 16.5. The minimum atomic E-state index is -0.424. The molecule has 5 heteroatoms. The van der Waals surface area contributed by atoms with Crippen LogP contribution in [0.5, 0.6) is 0 Å². The summed E-state index contributed by atoms with van der Waals surface area (Å²) in [4.78, 5) is 12.0. The van der Waals surface area contributed by atoms with Gasteiger partial charge in [-0.1, -0.05) is 54.6 Å². The van der Waals surface area contributed by atoms with E-state index in [2.05, 4.69) is 10.4 Å². The fourth-order valence-electron chi connectivity index (χ4n) is 2.62. The van der Waals surface area contributed by atoms with Gasteiger partial charge in [-0.05, 0) is 29.7 Å². The quantitative estimate of drug-likeness (QED) is 0.764. The van der Waals surface area contributed by atoms with Crippen LogP contribution in [0, 0.1) is 0 Å². The molecule has 2 aromatic carbocycles. The first-order valence-corrected chi connectivity index (χ1v) is 8.19. The van der Waals surface area contributed by atoms with Crippen LogP contribution in [0.1, 0.15) is 24.1 Å². The van der Waals surface area contributed by atoms with E-state index in [1.54, 1.807) is 6.20 Å². The second-order valence-corrected chi connectivity index (χ2v) is 5.89. The number of amides is 1. The van der Waals surface area contributed by atoms with Crippen molar-refractivity contribution in [3.05, 3.63) is 78.0 Å². The molecule has 3 rings (SSSR count). The summed E-state index contributed by atoms with van der Waals surface area (Å²) in [6, 6.07) is 19.5. The Morgan fingerprint density at radius 2 is 1.84 bits per heavy atom. The van der Waals surface area contributed by atoms with Crippen LogP contribution in [0.25, 0.3) is 11.3 Å². The lowest BCUT2D eigenvalue weighted by atomic mass is 10.0. The molecule has 3 aromatic rings.